The zero-order valence-corrected chi connectivity index (χ0v) is 16.2. The van der Waals surface area contributed by atoms with Crippen LogP contribution in [-0.4, -0.2) is 34.4 Å². The van der Waals surface area contributed by atoms with Gasteiger partial charge in [0.15, 0.2) is 5.12 Å². The largest absolute Gasteiger partial charge is 0.460 e. The fraction of sp³-hybridized carbons (Fsp3) is 0.833. The first-order valence-electron chi connectivity index (χ1n) is 8.83. The molecule has 24 heavy (non-hydrogen) atoms. The van der Waals surface area contributed by atoms with E-state index < -0.39 is 5.60 Å². The molecule has 1 rings (SSSR count). The summed E-state index contributed by atoms with van der Waals surface area (Å²) in [6.07, 6.45) is 5.91. The summed E-state index contributed by atoms with van der Waals surface area (Å²) in [5, 5.41) is 3.10. The topological polar surface area (TPSA) is 72.5 Å². The summed E-state index contributed by atoms with van der Waals surface area (Å²) in [7, 11) is 0. The van der Waals surface area contributed by atoms with E-state index in [2.05, 4.69) is 5.32 Å². The summed E-state index contributed by atoms with van der Waals surface area (Å²) in [4.78, 5) is 35.8. The van der Waals surface area contributed by atoms with Gasteiger partial charge in [0.1, 0.15) is 5.60 Å². The summed E-state index contributed by atoms with van der Waals surface area (Å²) in [6, 6.07) is -0.00867. The third-order valence-electron chi connectivity index (χ3n) is 3.89. The number of rotatable bonds is 4. The molecule has 0 bridgehead atoms. The van der Waals surface area contributed by atoms with Crippen molar-refractivity contribution in [3.05, 3.63) is 0 Å². The number of carbonyl (C=O) groups excluding carboxylic acids is 3. The lowest BCUT2D eigenvalue weighted by Gasteiger charge is -2.25. The Hall–Kier alpha value is -1.04. The molecule has 6 heteroatoms. The predicted octanol–water partition coefficient (Wildman–Crippen LogP) is 3.45. The van der Waals surface area contributed by atoms with Gasteiger partial charge in [-0.2, -0.15) is 0 Å². The second kappa shape index (κ2) is 10.1. The first-order valence-corrected chi connectivity index (χ1v) is 9.81. The van der Waals surface area contributed by atoms with Gasteiger partial charge < -0.3 is 10.1 Å². The minimum Gasteiger partial charge on any atom is -0.460 e. The van der Waals surface area contributed by atoms with E-state index in [1.54, 1.807) is 0 Å². The van der Waals surface area contributed by atoms with E-state index in [0.717, 1.165) is 32.1 Å². The Morgan fingerprint density at radius 2 is 1.79 bits per heavy atom. The molecule has 1 fully saturated rings. The van der Waals surface area contributed by atoms with E-state index in [1.807, 2.05) is 20.8 Å². The molecule has 0 spiro atoms. The highest BCUT2D eigenvalue weighted by Crippen LogP contribution is 2.21. The fourth-order valence-corrected chi connectivity index (χ4v) is 3.47. The van der Waals surface area contributed by atoms with Crippen molar-refractivity contribution in [2.75, 3.05) is 5.75 Å². The molecule has 1 saturated heterocycles. The van der Waals surface area contributed by atoms with Crippen LogP contribution in [0.15, 0.2) is 0 Å². The van der Waals surface area contributed by atoms with Crippen molar-refractivity contribution in [1.29, 1.82) is 0 Å². The summed E-state index contributed by atoms with van der Waals surface area (Å²) < 4.78 is 5.35. The van der Waals surface area contributed by atoms with Crippen LogP contribution in [0.25, 0.3) is 0 Å². The number of hydrogen-bond donors (Lipinski definition) is 1. The first kappa shape index (κ1) is 21.0. The molecule has 0 aromatic carbocycles. The van der Waals surface area contributed by atoms with Crippen molar-refractivity contribution in [2.45, 2.75) is 84.3 Å². The van der Waals surface area contributed by atoms with E-state index in [4.69, 9.17) is 4.74 Å². The molecule has 0 aromatic rings. The average Bonchev–Trinajstić information content (AvgIpc) is 2.44. The minimum absolute atomic E-state index is 0.00867. The Morgan fingerprint density at radius 1 is 1.17 bits per heavy atom. The maximum absolute atomic E-state index is 12.6. The first-order chi connectivity index (χ1) is 11.2. The molecule has 1 amide bonds. The van der Waals surface area contributed by atoms with Gasteiger partial charge in [0.05, 0.1) is 6.42 Å². The highest BCUT2D eigenvalue weighted by atomic mass is 32.2. The molecule has 1 N–H and O–H groups in total. The second-order valence-electron chi connectivity index (χ2n) is 7.49. The standard InChI is InChI=1S/C18H31NO4S/c1-13(20)24-12-15-10-8-6-5-7-9-14(17(22)19-15)11-16(21)23-18(2,3)4/h14-15H,5-12H2,1-4H3,(H,19,22). The molecule has 1 heterocycles. The van der Waals surface area contributed by atoms with Crippen molar-refractivity contribution in [3.8, 4) is 0 Å². The van der Waals surface area contributed by atoms with Crippen LogP contribution in [0.1, 0.15) is 72.6 Å². The Labute approximate surface area is 149 Å². The van der Waals surface area contributed by atoms with Crippen molar-refractivity contribution >= 4 is 28.8 Å². The Balaban J connectivity index is 2.66. The lowest BCUT2D eigenvalue weighted by molar-refractivity contribution is -0.157. The second-order valence-corrected chi connectivity index (χ2v) is 8.68. The highest BCUT2D eigenvalue weighted by Gasteiger charge is 2.27. The minimum atomic E-state index is -0.537. The van der Waals surface area contributed by atoms with Gasteiger partial charge in [-0.15, -0.1) is 0 Å². The lowest BCUT2D eigenvalue weighted by atomic mass is 9.94. The summed E-state index contributed by atoms with van der Waals surface area (Å²) in [6.45, 7) is 7.02. The number of carbonyl (C=O) groups is 3. The molecule has 1 aliphatic rings. The molecular weight excluding hydrogens is 326 g/mol. The molecule has 0 aliphatic carbocycles. The number of amides is 1. The maximum Gasteiger partial charge on any atom is 0.307 e. The number of esters is 1. The molecule has 0 saturated carbocycles. The van der Waals surface area contributed by atoms with E-state index in [1.165, 1.54) is 18.7 Å². The zero-order valence-electron chi connectivity index (χ0n) is 15.4. The van der Waals surface area contributed by atoms with Gasteiger partial charge in [-0.1, -0.05) is 37.4 Å². The van der Waals surface area contributed by atoms with Crippen LogP contribution in [0.4, 0.5) is 0 Å². The summed E-state index contributed by atoms with van der Waals surface area (Å²) in [5.41, 5.74) is -0.537. The number of thioether (sulfide) groups is 1. The quantitative estimate of drug-likeness (QED) is 0.780. The van der Waals surface area contributed by atoms with Gasteiger partial charge in [0.2, 0.25) is 5.91 Å². The van der Waals surface area contributed by atoms with Crippen molar-refractivity contribution in [2.24, 2.45) is 5.92 Å². The van der Waals surface area contributed by atoms with Crippen LogP contribution in [-0.2, 0) is 19.1 Å². The van der Waals surface area contributed by atoms with Crippen molar-refractivity contribution < 1.29 is 19.1 Å². The lowest BCUT2D eigenvalue weighted by Crippen LogP contribution is -2.42. The molecule has 0 aromatic heterocycles. The van der Waals surface area contributed by atoms with E-state index >= 15 is 0 Å². The van der Waals surface area contributed by atoms with Crippen molar-refractivity contribution in [1.82, 2.24) is 5.32 Å². The third-order valence-corrected chi connectivity index (χ3v) is 4.87. The van der Waals surface area contributed by atoms with Crippen LogP contribution in [0.5, 0.6) is 0 Å². The third kappa shape index (κ3) is 9.30. The molecule has 2 unspecified atom stereocenters. The van der Waals surface area contributed by atoms with Gasteiger partial charge in [0.25, 0.3) is 0 Å². The predicted molar refractivity (Wildman–Crippen MR) is 96.7 cm³/mol. The van der Waals surface area contributed by atoms with Gasteiger partial charge in [-0.3, -0.25) is 14.4 Å². The molecule has 2 atom stereocenters. The van der Waals surface area contributed by atoms with E-state index in [-0.39, 0.29) is 35.4 Å². The molecule has 0 radical (unpaired) electrons. The van der Waals surface area contributed by atoms with Gasteiger partial charge in [-0.05, 0) is 33.6 Å². The van der Waals surface area contributed by atoms with Crippen LogP contribution in [0.2, 0.25) is 0 Å². The monoisotopic (exact) mass is 357 g/mol. The van der Waals surface area contributed by atoms with Gasteiger partial charge in [0, 0.05) is 24.6 Å². The van der Waals surface area contributed by atoms with Gasteiger partial charge in [-0.25, -0.2) is 0 Å². The Bertz CT molecular complexity index is 445. The normalized spacial score (nSPS) is 23.2. The smallest absolute Gasteiger partial charge is 0.307 e. The van der Waals surface area contributed by atoms with E-state index in [9.17, 15) is 14.4 Å². The summed E-state index contributed by atoms with van der Waals surface area (Å²) in [5.74, 6) is -0.158. The average molecular weight is 358 g/mol. The Morgan fingerprint density at radius 3 is 2.38 bits per heavy atom. The number of ether oxygens (including phenoxy) is 1. The van der Waals surface area contributed by atoms with Crippen molar-refractivity contribution in [3.63, 3.8) is 0 Å². The molecule has 1 aliphatic heterocycles. The van der Waals surface area contributed by atoms with Crippen LogP contribution in [0, 0.1) is 5.92 Å². The fourth-order valence-electron chi connectivity index (χ4n) is 2.78. The SMILES string of the molecule is CC(=O)SCC1CCCCCCC(CC(=O)OC(C)(C)C)C(=O)N1. The number of nitrogens with one attached hydrogen (secondary N) is 1. The van der Waals surface area contributed by atoms with Crippen LogP contribution >= 0.6 is 11.8 Å². The Kier molecular flexibility index (Phi) is 8.81. The van der Waals surface area contributed by atoms with Crippen LogP contribution < -0.4 is 5.32 Å². The number of hydrogen-bond acceptors (Lipinski definition) is 5. The highest BCUT2D eigenvalue weighted by molar-refractivity contribution is 8.13. The van der Waals surface area contributed by atoms with Gasteiger partial charge >= 0.3 is 5.97 Å². The molecule has 138 valence electrons. The van der Waals surface area contributed by atoms with E-state index in [0.29, 0.717) is 12.2 Å². The molecule has 5 nitrogen and oxygen atoms in total. The summed E-state index contributed by atoms with van der Waals surface area (Å²) >= 11 is 1.25. The maximum atomic E-state index is 12.6. The molecular formula is C18H31NO4S. The van der Waals surface area contributed by atoms with Crippen LogP contribution in [0.3, 0.4) is 0 Å². The zero-order chi connectivity index (χ0) is 18.2.